The van der Waals surface area contributed by atoms with Crippen LogP contribution in [0.2, 0.25) is 5.02 Å². The van der Waals surface area contributed by atoms with Gasteiger partial charge in [0.05, 0.1) is 10.8 Å². The molecule has 5 heteroatoms. The lowest BCUT2D eigenvalue weighted by Crippen LogP contribution is -2.13. The maximum absolute atomic E-state index is 12.4. The molecule has 0 spiro atoms. The number of thioether (sulfide) groups is 1. The van der Waals surface area contributed by atoms with E-state index in [1.807, 2.05) is 49.4 Å². The fraction of sp³-hybridized carbons (Fsp3) is 0.0909. The molecule has 3 aromatic rings. The molecule has 0 saturated heterocycles. The molecule has 0 aliphatic heterocycles. The maximum Gasteiger partial charge on any atom is 0.255 e. The number of amides is 1. The van der Waals surface area contributed by atoms with Crippen LogP contribution in [0.15, 0.2) is 77.7 Å². The minimum absolute atomic E-state index is 0.0278. The van der Waals surface area contributed by atoms with Crippen LogP contribution in [-0.4, -0.2) is 17.4 Å². The molecule has 0 aromatic heterocycles. The van der Waals surface area contributed by atoms with Crippen molar-refractivity contribution >= 4 is 40.7 Å². The van der Waals surface area contributed by atoms with Crippen molar-refractivity contribution in [2.45, 2.75) is 11.8 Å². The summed E-state index contributed by atoms with van der Waals surface area (Å²) in [5.74, 6) is 0.0983. The number of benzene rings is 3. The van der Waals surface area contributed by atoms with Crippen molar-refractivity contribution in [3.8, 4) is 0 Å². The minimum atomic E-state index is -0.151. The number of halogens is 1. The van der Waals surface area contributed by atoms with E-state index in [2.05, 4.69) is 5.32 Å². The van der Waals surface area contributed by atoms with Crippen molar-refractivity contribution in [2.75, 3.05) is 11.1 Å². The SMILES string of the molecule is Cc1ccccc1C(=O)Nc1cccc(SCC(=O)c2ccccc2Cl)c1. The van der Waals surface area contributed by atoms with Gasteiger partial charge in [0.25, 0.3) is 5.91 Å². The lowest BCUT2D eigenvalue weighted by molar-refractivity contribution is 0.101. The van der Waals surface area contributed by atoms with E-state index < -0.39 is 0 Å². The van der Waals surface area contributed by atoms with E-state index in [9.17, 15) is 9.59 Å². The molecular weight excluding hydrogens is 378 g/mol. The molecule has 0 atom stereocenters. The van der Waals surface area contributed by atoms with Crippen molar-refractivity contribution in [3.05, 3.63) is 94.5 Å². The Kier molecular flexibility index (Phi) is 6.32. The molecule has 0 bridgehead atoms. The zero-order valence-corrected chi connectivity index (χ0v) is 16.3. The highest BCUT2D eigenvalue weighted by molar-refractivity contribution is 8.00. The zero-order valence-electron chi connectivity index (χ0n) is 14.7. The highest BCUT2D eigenvalue weighted by Crippen LogP contribution is 2.25. The lowest BCUT2D eigenvalue weighted by atomic mass is 10.1. The quantitative estimate of drug-likeness (QED) is 0.419. The van der Waals surface area contributed by atoms with Crippen molar-refractivity contribution in [1.29, 1.82) is 0 Å². The third kappa shape index (κ3) is 5.00. The molecule has 0 heterocycles. The third-order valence-electron chi connectivity index (χ3n) is 4.03. The minimum Gasteiger partial charge on any atom is -0.322 e. The van der Waals surface area contributed by atoms with E-state index in [1.165, 1.54) is 11.8 Å². The summed E-state index contributed by atoms with van der Waals surface area (Å²) in [7, 11) is 0. The van der Waals surface area contributed by atoms with Crippen molar-refractivity contribution in [2.24, 2.45) is 0 Å². The molecule has 1 N–H and O–H groups in total. The van der Waals surface area contributed by atoms with Crippen LogP contribution in [0.25, 0.3) is 0 Å². The zero-order chi connectivity index (χ0) is 19.2. The molecule has 0 radical (unpaired) electrons. The second kappa shape index (κ2) is 8.89. The number of carbonyl (C=O) groups is 2. The Balaban J connectivity index is 1.65. The number of nitrogens with one attached hydrogen (secondary N) is 1. The van der Waals surface area contributed by atoms with Gasteiger partial charge in [-0.05, 0) is 48.9 Å². The largest absolute Gasteiger partial charge is 0.322 e. The van der Waals surface area contributed by atoms with Crippen molar-refractivity contribution in [3.63, 3.8) is 0 Å². The number of anilines is 1. The molecule has 3 aromatic carbocycles. The molecule has 0 unspecified atom stereocenters. The number of rotatable bonds is 6. The average molecular weight is 396 g/mol. The number of hydrogen-bond donors (Lipinski definition) is 1. The van der Waals surface area contributed by atoms with Gasteiger partial charge in [0, 0.05) is 21.7 Å². The van der Waals surface area contributed by atoms with Crippen LogP contribution in [0.4, 0.5) is 5.69 Å². The predicted molar refractivity (Wildman–Crippen MR) is 112 cm³/mol. The fourth-order valence-electron chi connectivity index (χ4n) is 2.60. The van der Waals surface area contributed by atoms with Gasteiger partial charge in [0.15, 0.2) is 5.78 Å². The standard InChI is InChI=1S/C22H18ClNO2S/c1-15-7-2-3-10-18(15)22(26)24-16-8-6-9-17(13-16)27-14-21(25)19-11-4-5-12-20(19)23/h2-13H,14H2,1H3,(H,24,26). The van der Waals surface area contributed by atoms with Gasteiger partial charge in [0.1, 0.15) is 0 Å². The van der Waals surface area contributed by atoms with Crippen molar-refractivity contribution in [1.82, 2.24) is 0 Å². The number of carbonyl (C=O) groups excluding carboxylic acids is 2. The molecule has 27 heavy (non-hydrogen) atoms. The first-order chi connectivity index (χ1) is 13.0. The first-order valence-corrected chi connectivity index (χ1v) is 9.78. The van der Waals surface area contributed by atoms with E-state index in [1.54, 1.807) is 30.3 Å². The van der Waals surface area contributed by atoms with E-state index in [0.29, 0.717) is 21.8 Å². The highest BCUT2D eigenvalue weighted by atomic mass is 35.5. The normalized spacial score (nSPS) is 10.4. The van der Waals surface area contributed by atoms with Gasteiger partial charge in [-0.1, -0.05) is 48.0 Å². The molecule has 0 aliphatic rings. The highest BCUT2D eigenvalue weighted by Gasteiger charge is 2.11. The summed E-state index contributed by atoms with van der Waals surface area (Å²) in [5, 5.41) is 3.37. The van der Waals surface area contributed by atoms with Crippen molar-refractivity contribution < 1.29 is 9.59 Å². The van der Waals surface area contributed by atoms with Crippen LogP contribution in [0, 0.1) is 6.92 Å². The molecule has 3 nitrogen and oxygen atoms in total. The van der Waals surface area contributed by atoms with E-state index in [0.717, 1.165) is 10.5 Å². The monoisotopic (exact) mass is 395 g/mol. The van der Waals surface area contributed by atoms with Crippen LogP contribution >= 0.6 is 23.4 Å². The van der Waals surface area contributed by atoms with E-state index >= 15 is 0 Å². The summed E-state index contributed by atoms with van der Waals surface area (Å²) >= 11 is 7.49. The Bertz CT molecular complexity index is 987. The predicted octanol–water partition coefficient (Wildman–Crippen LogP) is 5.88. The van der Waals surface area contributed by atoms with Gasteiger partial charge in [-0.15, -0.1) is 11.8 Å². The second-order valence-corrected chi connectivity index (χ2v) is 7.44. The summed E-state index contributed by atoms with van der Waals surface area (Å²) < 4.78 is 0. The Morgan fingerprint density at radius 1 is 0.926 bits per heavy atom. The lowest BCUT2D eigenvalue weighted by Gasteiger charge is -2.09. The molecule has 136 valence electrons. The van der Waals surface area contributed by atoms with Crippen LogP contribution < -0.4 is 5.32 Å². The van der Waals surface area contributed by atoms with Gasteiger partial charge >= 0.3 is 0 Å². The molecule has 0 saturated carbocycles. The van der Waals surface area contributed by atoms with Gasteiger partial charge in [-0.2, -0.15) is 0 Å². The van der Waals surface area contributed by atoms with Crippen LogP contribution in [0.3, 0.4) is 0 Å². The summed E-state index contributed by atoms with van der Waals surface area (Å²) in [4.78, 5) is 25.7. The number of aryl methyl sites for hydroxylation is 1. The van der Waals surface area contributed by atoms with E-state index in [4.69, 9.17) is 11.6 Å². The summed E-state index contributed by atoms with van der Waals surface area (Å²) in [6.45, 7) is 1.90. The Hall–Kier alpha value is -2.56. The number of ketones is 1. The van der Waals surface area contributed by atoms with Crippen LogP contribution in [-0.2, 0) is 0 Å². The molecule has 0 aliphatic carbocycles. The average Bonchev–Trinajstić information content (AvgIpc) is 2.67. The molecule has 3 rings (SSSR count). The van der Waals surface area contributed by atoms with Crippen LogP contribution in [0.1, 0.15) is 26.3 Å². The van der Waals surface area contributed by atoms with Crippen LogP contribution in [0.5, 0.6) is 0 Å². The summed E-state index contributed by atoms with van der Waals surface area (Å²) in [6.07, 6.45) is 0. The fourth-order valence-corrected chi connectivity index (χ4v) is 3.68. The molecule has 0 fully saturated rings. The van der Waals surface area contributed by atoms with E-state index in [-0.39, 0.29) is 17.4 Å². The van der Waals surface area contributed by atoms with Gasteiger partial charge in [-0.3, -0.25) is 9.59 Å². The van der Waals surface area contributed by atoms with Gasteiger partial charge in [0.2, 0.25) is 0 Å². The number of hydrogen-bond acceptors (Lipinski definition) is 3. The van der Waals surface area contributed by atoms with Gasteiger partial charge < -0.3 is 5.32 Å². The van der Waals surface area contributed by atoms with Gasteiger partial charge in [-0.25, -0.2) is 0 Å². The Morgan fingerprint density at radius 3 is 2.37 bits per heavy atom. The topological polar surface area (TPSA) is 46.2 Å². The number of Topliss-reactive ketones (excluding diaryl/α,β-unsaturated/α-hetero) is 1. The smallest absolute Gasteiger partial charge is 0.255 e. The molecular formula is C22H18ClNO2S. The summed E-state index contributed by atoms with van der Waals surface area (Å²) in [5.41, 5.74) is 2.78. The Morgan fingerprint density at radius 2 is 1.63 bits per heavy atom. The first-order valence-electron chi connectivity index (χ1n) is 8.42. The first kappa shape index (κ1) is 19.2. The molecule has 1 amide bonds. The third-order valence-corrected chi connectivity index (χ3v) is 5.35. The summed E-state index contributed by atoms with van der Waals surface area (Å²) in [6, 6.07) is 21.9. The second-order valence-electron chi connectivity index (χ2n) is 5.99. The Labute approximate surface area is 167 Å². The maximum atomic E-state index is 12.4.